The Bertz CT molecular complexity index is 427. The zero-order valence-electron chi connectivity index (χ0n) is 8.96. The maximum atomic E-state index is 11.5. The molecule has 2 heterocycles. The van der Waals surface area contributed by atoms with E-state index in [0.29, 0.717) is 13.1 Å². The van der Waals surface area contributed by atoms with Crippen molar-refractivity contribution in [1.82, 2.24) is 14.7 Å². The number of carbonyl (C=O) groups is 2. The summed E-state index contributed by atoms with van der Waals surface area (Å²) < 4.78 is 1.66. The number of hydrogen-bond acceptors (Lipinski definition) is 3. The Hall–Kier alpha value is -1.85. The van der Waals surface area contributed by atoms with Crippen LogP contribution in [-0.4, -0.2) is 38.2 Å². The molecule has 0 spiro atoms. The molecule has 1 aliphatic heterocycles. The molecule has 1 saturated heterocycles. The number of amides is 1. The molecule has 1 aromatic heterocycles. The maximum Gasteiger partial charge on any atom is 0.308 e. The summed E-state index contributed by atoms with van der Waals surface area (Å²) in [5, 5.41) is 12.8. The first-order valence-corrected chi connectivity index (χ1v) is 5.04. The molecule has 6 nitrogen and oxygen atoms in total. The molecule has 0 aliphatic carbocycles. The van der Waals surface area contributed by atoms with Crippen molar-refractivity contribution < 1.29 is 14.7 Å². The highest BCUT2D eigenvalue weighted by atomic mass is 16.4. The van der Waals surface area contributed by atoms with E-state index in [2.05, 4.69) is 5.10 Å². The van der Waals surface area contributed by atoms with Crippen LogP contribution in [0.4, 0.5) is 0 Å². The molecule has 0 bridgehead atoms. The molecule has 16 heavy (non-hydrogen) atoms. The molecular formula is C10H13N3O3. The first-order valence-electron chi connectivity index (χ1n) is 5.04. The van der Waals surface area contributed by atoms with Gasteiger partial charge in [0.2, 0.25) is 5.91 Å². The monoisotopic (exact) mass is 223 g/mol. The predicted molar refractivity (Wildman–Crippen MR) is 54.4 cm³/mol. The first kappa shape index (κ1) is 10.7. The Kier molecular flexibility index (Phi) is 2.64. The van der Waals surface area contributed by atoms with Crippen molar-refractivity contribution in [3.8, 4) is 0 Å². The number of aliphatic carboxylic acids is 1. The van der Waals surface area contributed by atoms with Crippen LogP contribution in [0.1, 0.15) is 12.0 Å². The number of likely N-dealkylation sites (tertiary alicyclic amines) is 1. The molecule has 1 N–H and O–H groups in total. The first-order chi connectivity index (χ1) is 7.56. The summed E-state index contributed by atoms with van der Waals surface area (Å²) in [5.41, 5.74) is 0.918. The van der Waals surface area contributed by atoms with Gasteiger partial charge in [0, 0.05) is 38.3 Å². The second-order valence-corrected chi connectivity index (χ2v) is 4.04. The van der Waals surface area contributed by atoms with Crippen molar-refractivity contribution in [3.05, 3.63) is 18.0 Å². The summed E-state index contributed by atoms with van der Waals surface area (Å²) in [4.78, 5) is 23.9. The third kappa shape index (κ3) is 2.05. The fourth-order valence-electron chi connectivity index (χ4n) is 1.86. The predicted octanol–water partition coefficient (Wildman–Crippen LogP) is -0.147. The van der Waals surface area contributed by atoms with Crippen LogP contribution >= 0.6 is 0 Å². The Morgan fingerprint density at radius 2 is 2.44 bits per heavy atom. The summed E-state index contributed by atoms with van der Waals surface area (Å²) in [7, 11) is 1.80. The lowest BCUT2D eigenvalue weighted by atomic mass is 10.1. The Morgan fingerprint density at radius 1 is 1.69 bits per heavy atom. The minimum absolute atomic E-state index is 0.101. The van der Waals surface area contributed by atoms with Gasteiger partial charge in [-0.3, -0.25) is 14.3 Å². The van der Waals surface area contributed by atoms with E-state index in [9.17, 15) is 9.59 Å². The number of aromatic nitrogens is 2. The fraction of sp³-hybridized carbons (Fsp3) is 0.500. The van der Waals surface area contributed by atoms with Crippen molar-refractivity contribution >= 4 is 11.9 Å². The summed E-state index contributed by atoms with van der Waals surface area (Å²) in [6, 6.07) is 0. The third-order valence-electron chi connectivity index (χ3n) is 2.70. The molecule has 0 radical (unpaired) electrons. The highest BCUT2D eigenvalue weighted by molar-refractivity contribution is 5.86. The SMILES string of the molecule is Cn1cc(CN2CC(C(=O)O)CC2=O)cn1. The van der Waals surface area contributed by atoms with Crippen LogP contribution in [0.5, 0.6) is 0 Å². The number of carboxylic acids is 1. The van der Waals surface area contributed by atoms with Gasteiger partial charge >= 0.3 is 5.97 Å². The lowest BCUT2D eigenvalue weighted by Gasteiger charge is -2.14. The van der Waals surface area contributed by atoms with Gasteiger partial charge in [-0.25, -0.2) is 0 Å². The zero-order chi connectivity index (χ0) is 11.7. The van der Waals surface area contributed by atoms with E-state index >= 15 is 0 Å². The molecule has 6 heteroatoms. The second kappa shape index (κ2) is 3.96. The standard InChI is InChI=1S/C10H13N3O3/c1-12-4-7(3-11-12)5-13-6-8(10(15)16)2-9(13)14/h3-4,8H,2,5-6H2,1H3,(H,15,16). The van der Waals surface area contributed by atoms with Gasteiger partial charge in [0.1, 0.15) is 0 Å². The minimum Gasteiger partial charge on any atom is -0.481 e. The summed E-state index contributed by atoms with van der Waals surface area (Å²) in [5.74, 6) is -1.57. The largest absolute Gasteiger partial charge is 0.481 e. The van der Waals surface area contributed by atoms with Gasteiger partial charge in [-0.05, 0) is 0 Å². The number of rotatable bonds is 3. The maximum absolute atomic E-state index is 11.5. The van der Waals surface area contributed by atoms with E-state index in [1.165, 1.54) is 0 Å². The van der Waals surface area contributed by atoms with Gasteiger partial charge in [0.15, 0.2) is 0 Å². The quantitative estimate of drug-likeness (QED) is 0.773. The van der Waals surface area contributed by atoms with Gasteiger partial charge in [-0.1, -0.05) is 0 Å². The van der Waals surface area contributed by atoms with Gasteiger partial charge in [0.25, 0.3) is 0 Å². The summed E-state index contributed by atoms with van der Waals surface area (Å²) in [6.07, 6.45) is 3.61. The van der Waals surface area contributed by atoms with Crippen molar-refractivity contribution in [2.75, 3.05) is 6.54 Å². The van der Waals surface area contributed by atoms with Crippen LogP contribution < -0.4 is 0 Å². The van der Waals surface area contributed by atoms with Gasteiger partial charge in [-0.2, -0.15) is 5.10 Å². The number of carbonyl (C=O) groups excluding carboxylic acids is 1. The molecule has 0 aromatic carbocycles. The van der Waals surface area contributed by atoms with Crippen molar-refractivity contribution in [3.63, 3.8) is 0 Å². The number of aryl methyl sites for hydroxylation is 1. The highest BCUT2D eigenvalue weighted by Gasteiger charge is 2.34. The van der Waals surface area contributed by atoms with Crippen LogP contribution in [-0.2, 0) is 23.2 Å². The number of hydrogen-bond donors (Lipinski definition) is 1. The lowest BCUT2D eigenvalue weighted by molar-refractivity contribution is -0.141. The number of nitrogens with zero attached hydrogens (tertiary/aromatic N) is 3. The zero-order valence-corrected chi connectivity index (χ0v) is 8.96. The third-order valence-corrected chi connectivity index (χ3v) is 2.70. The average molecular weight is 223 g/mol. The molecule has 86 valence electrons. The summed E-state index contributed by atoms with van der Waals surface area (Å²) >= 11 is 0. The van der Waals surface area contributed by atoms with E-state index in [4.69, 9.17) is 5.11 Å². The van der Waals surface area contributed by atoms with Crippen LogP contribution in [0, 0.1) is 5.92 Å². The molecule has 1 aliphatic rings. The van der Waals surface area contributed by atoms with Gasteiger partial charge < -0.3 is 10.0 Å². The normalized spacial score (nSPS) is 20.4. The van der Waals surface area contributed by atoms with Crippen molar-refractivity contribution in [1.29, 1.82) is 0 Å². The van der Waals surface area contributed by atoms with E-state index < -0.39 is 11.9 Å². The van der Waals surface area contributed by atoms with Gasteiger partial charge in [0.05, 0.1) is 12.1 Å². The minimum atomic E-state index is -0.901. The molecular weight excluding hydrogens is 210 g/mol. The molecule has 1 atom stereocenters. The Balaban J connectivity index is 2.01. The molecule has 1 aromatic rings. The highest BCUT2D eigenvalue weighted by Crippen LogP contribution is 2.19. The summed E-state index contributed by atoms with van der Waals surface area (Å²) in [6.45, 7) is 0.736. The van der Waals surface area contributed by atoms with E-state index in [1.807, 2.05) is 6.20 Å². The molecule has 2 rings (SSSR count). The topological polar surface area (TPSA) is 75.4 Å². The lowest BCUT2D eigenvalue weighted by Crippen LogP contribution is -2.25. The Morgan fingerprint density at radius 3 is 2.94 bits per heavy atom. The van der Waals surface area contributed by atoms with E-state index in [-0.39, 0.29) is 12.3 Å². The molecule has 1 unspecified atom stereocenters. The molecule has 1 amide bonds. The average Bonchev–Trinajstić information content (AvgIpc) is 2.75. The fourth-order valence-corrected chi connectivity index (χ4v) is 1.86. The van der Waals surface area contributed by atoms with E-state index in [0.717, 1.165) is 5.56 Å². The van der Waals surface area contributed by atoms with Crippen LogP contribution in [0.3, 0.4) is 0 Å². The van der Waals surface area contributed by atoms with Gasteiger partial charge in [-0.15, -0.1) is 0 Å². The van der Waals surface area contributed by atoms with E-state index in [1.54, 1.807) is 22.8 Å². The Labute approximate surface area is 92.5 Å². The van der Waals surface area contributed by atoms with Crippen molar-refractivity contribution in [2.24, 2.45) is 13.0 Å². The smallest absolute Gasteiger partial charge is 0.308 e. The molecule has 1 fully saturated rings. The van der Waals surface area contributed by atoms with Crippen molar-refractivity contribution in [2.45, 2.75) is 13.0 Å². The number of carboxylic acid groups (broad SMARTS) is 1. The molecule has 0 saturated carbocycles. The van der Waals surface area contributed by atoms with Crippen LogP contribution in [0.15, 0.2) is 12.4 Å². The second-order valence-electron chi connectivity index (χ2n) is 4.04. The van der Waals surface area contributed by atoms with Crippen LogP contribution in [0.2, 0.25) is 0 Å². The van der Waals surface area contributed by atoms with Crippen LogP contribution in [0.25, 0.3) is 0 Å².